The number of aliphatic imine (C=N–C) groups is 2. The molecule has 0 fully saturated rings. The standard InChI is InChI=1S/C24H23BBrN3/c1-15-4-8-18(9-5-15)17(3)28-24(19-10-6-16(2)7-11-19)29-23(27)20-12-21(25)14-22(26)13-20/h4-14H,3,25H2,1-2H3,(H2,27,28,29). The minimum atomic E-state index is 0.408. The number of nitrogens with zero attached hydrogens (tertiary/aromatic N) is 2. The summed E-state index contributed by atoms with van der Waals surface area (Å²) in [5.41, 5.74) is 13.1. The first-order valence-electron chi connectivity index (χ1n) is 9.35. The van der Waals surface area contributed by atoms with E-state index in [1.54, 1.807) is 0 Å². The second kappa shape index (κ2) is 9.06. The molecule has 5 heteroatoms. The zero-order valence-electron chi connectivity index (χ0n) is 16.9. The average Bonchev–Trinajstić information content (AvgIpc) is 2.67. The minimum absolute atomic E-state index is 0.408. The van der Waals surface area contributed by atoms with E-state index in [9.17, 15) is 0 Å². The van der Waals surface area contributed by atoms with Crippen LogP contribution in [0.5, 0.6) is 0 Å². The molecule has 0 spiro atoms. The molecule has 0 radical (unpaired) electrons. The molecular formula is C24H23BBrN3. The van der Waals surface area contributed by atoms with E-state index in [1.807, 2.05) is 81.5 Å². The molecule has 0 heterocycles. The van der Waals surface area contributed by atoms with Crippen LogP contribution in [0.25, 0.3) is 5.70 Å². The molecule has 3 rings (SSSR count). The van der Waals surface area contributed by atoms with Gasteiger partial charge in [0.15, 0.2) is 5.84 Å². The second-order valence-corrected chi connectivity index (χ2v) is 8.04. The molecule has 3 aromatic carbocycles. The Morgan fingerprint density at radius 1 is 0.828 bits per heavy atom. The van der Waals surface area contributed by atoms with Crippen molar-refractivity contribution in [1.29, 1.82) is 0 Å². The maximum atomic E-state index is 6.35. The van der Waals surface area contributed by atoms with Gasteiger partial charge >= 0.3 is 0 Å². The molecule has 0 saturated carbocycles. The van der Waals surface area contributed by atoms with Gasteiger partial charge in [-0.05, 0) is 25.5 Å². The molecule has 3 aromatic rings. The van der Waals surface area contributed by atoms with Crippen LogP contribution in [-0.2, 0) is 0 Å². The van der Waals surface area contributed by atoms with Crippen molar-refractivity contribution >= 4 is 46.6 Å². The summed E-state index contributed by atoms with van der Waals surface area (Å²) in [5.74, 6) is 0.941. The molecule has 0 unspecified atom stereocenters. The summed E-state index contributed by atoms with van der Waals surface area (Å²) < 4.78 is 0.962. The Balaban J connectivity index is 2.06. The largest absolute Gasteiger partial charge is 0.383 e. The van der Waals surface area contributed by atoms with E-state index in [0.717, 1.165) is 26.6 Å². The van der Waals surface area contributed by atoms with Gasteiger partial charge in [0, 0.05) is 15.6 Å². The van der Waals surface area contributed by atoms with Crippen molar-refractivity contribution in [3.63, 3.8) is 0 Å². The van der Waals surface area contributed by atoms with Gasteiger partial charge in [-0.2, -0.15) is 0 Å². The topological polar surface area (TPSA) is 50.7 Å². The molecule has 0 aliphatic carbocycles. The lowest BCUT2D eigenvalue weighted by molar-refractivity contribution is 1.40. The van der Waals surface area contributed by atoms with Crippen LogP contribution < -0.4 is 11.2 Å². The van der Waals surface area contributed by atoms with Crippen LogP contribution in [0.1, 0.15) is 27.8 Å². The summed E-state index contributed by atoms with van der Waals surface area (Å²) in [6.45, 7) is 8.24. The molecule has 0 aromatic heterocycles. The number of nitrogens with two attached hydrogens (primary N) is 1. The Bertz CT molecular complexity index is 1080. The normalized spacial score (nSPS) is 12.1. The lowest BCUT2D eigenvalue weighted by Crippen LogP contribution is -2.19. The van der Waals surface area contributed by atoms with Gasteiger partial charge in [-0.1, -0.05) is 99.8 Å². The van der Waals surface area contributed by atoms with Gasteiger partial charge in [-0.3, -0.25) is 0 Å². The van der Waals surface area contributed by atoms with Gasteiger partial charge in [-0.25, -0.2) is 9.98 Å². The van der Waals surface area contributed by atoms with Crippen molar-refractivity contribution in [3.05, 3.63) is 106 Å². The first-order valence-corrected chi connectivity index (χ1v) is 10.1. The van der Waals surface area contributed by atoms with Gasteiger partial charge in [0.05, 0.1) is 5.70 Å². The lowest BCUT2D eigenvalue weighted by atomic mass is 9.94. The fraction of sp³-hybridized carbons (Fsp3) is 0.0833. The first-order chi connectivity index (χ1) is 13.8. The van der Waals surface area contributed by atoms with Crippen molar-refractivity contribution < 1.29 is 0 Å². The van der Waals surface area contributed by atoms with Crippen LogP contribution >= 0.6 is 15.9 Å². The predicted molar refractivity (Wildman–Crippen MR) is 131 cm³/mol. The summed E-state index contributed by atoms with van der Waals surface area (Å²) in [6, 6.07) is 22.2. The summed E-state index contributed by atoms with van der Waals surface area (Å²) in [5, 5.41) is 0. The Morgan fingerprint density at radius 3 is 1.93 bits per heavy atom. The zero-order chi connectivity index (χ0) is 21.0. The first kappa shape index (κ1) is 20.8. The van der Waals surface area contributed by atoms with E-state index in [-0.39, 0.29) is 0 Å². The van der Waals surface area contributed by atoms with E-state index in [1.165, 1.54) is 11.1 Å². The predicted octanol–water partition coefficient (Wildman–Crippen LogP) is 4.15. The summed E-state index contributed by atoms with van der Waals surface area (Å²) >= 11 is 3.52. The number of benzene rings is 3. The van der Waals surface area contributed by atoms with Crippen LogP contribution in [0.15, 0.2) is 87.8 Å². The third-order valence-electron chi connectivity index (χ3n) is 4.50. The zero-order valence-corrected chi connectivity index (χ0v) is 18.5. The van der Waals surface area contributed by atoms with E-state index in [4.69, 9.17) is 10.7 Å². The summed E-state index contributed by atoms with van der Waals surface area (Å²) in [7, 11) is 2.02. The number of halogens is 1. The Kier molecular flexibility index (Phi) is 6.50. The molecule has 0 saturated heterocycles. The van der Waals surface area contributed by atoms with E-state index in [2.05, 4.69) is 34.4 Å². The quantitative estimate of drug-likeness (QED) is 0.367. The molecule has 0 atom stereocenters. The molecule has 0 aliphatic rings. The number of hydrogen-bond donors (Lipinski definition) is 1. The molecular weight excluding hydrogens is 421 g/mol. The third kappa shape index (κ3) is 5.55. The Morgan fingerprint density at radius 2 is 1.38 bits per heavy atom. The Labute approximate surface area is 181 Å². The fourth-order valence-corrected chi connectivity index (χ4v) is 3.47. The Hall–Kier alpha value is -2.92. The summed E-state index contributed by atoms with van der Waals surface area (Å²) in [4.78, 5) is 9.40. The number of rotatable bonds is 4. The second-order valence-electron chi connectivity index (χ2n) is 7.13. The van der Waals surface area contributed by atoms with Gasteiger partial charge in [0.2, 0.25) is 0 Å². The average molecular weight is 444 g/mol. The van der Waals surface area contributed by atoms with Crippen molar-refractivity contribution in [1.82, 2.24) is 0 Å². The van der Waals surface area contributed by atoms with E-state index in [0.29, 0.717) is 17.4 Å². The van der Waals surface area contributed by atoms with Gasteiger partial charge in [0.1, 0.15) is 13.7 Å². The highest BCUT2D eigenvalue weighted by Gasteiger charge is 2.08. The summed E-state index contributed by atoms with van der Waals surface area (Å²) in [6.07, 6.45) is 0. The van der Waals surface area contributed by atoms with Crippen molar-refractivity contribution in [2.75, 3.05) is 0 Å². The third-order valence-corrected chi connectivity index (χ3v) is 4.96. The maximum Gasteiger partial charge on any atom is 0.162 e. The number of aryl methyl sites for hydroxylation is 2. The van der Waals surface area contributed by atoms with E-state index < -0.39 is 0 Å². The van der Waals surface area contributed by atoms with Gasteiger partial charge < -0.3 is 5.73 Å². The monoisotopic (exact) mass is 443 g/mol. The van der Waals surface area contributed by atoms with Gasteiger partial charge in [0.25, 0.3) is 0 Å². The molecule has 0 aliphatic heterocycles. The van der Waals surface area contributed by atoms with Gasteiger partial charge in [-0.15, -0.1) is 0 Å². The molecule has 0 bridgehead atoms. The highest BCUT2D eigenvalue weighted by Crippen LogP contribution is 2.18. The minimum Gasteiger partial charge on any atom is -0.383 e. The van der Waals surface area contributed by atoms with E-state index >= 15 is 0 Å². The van der Waals surface area contributed by atoms with Crippen LogP contribution in [0.4, 0.5) is 0 Å². The lowest BCUT2D eigenvalue weighted by Gasteiger charge is -2.08. The smallest absolute Gasteiger partial charge is 0.162 e. The molecule has 3 nitrogen and oxygen atoms in total. The molecule has 2 N–H and O–H groups in total. The molecule has 29 heavy (non-hydrogen) atoms. The number of amidine groups is 2. The van der Waals surface area contributed by atoms with Crippen molar-refractivity contribution in [2.24, 2.45) is 15.7 Å². The molecule has 144 valence electrons. The van der Waals surface area contributed by atoms with Crippen LogP contribution in [-0.4, -0.2) is 19.5 Å². The van der Waals surface area contributed by atoms with Crippen molar-refractivity contribution in [3.8, 4) is 0 Å². The van der Waals surface area contributed by atoms with Crippen molar-refractivity contribution in [2.45, 2.75) is 13.8 Å². The number of hydrogen-bond acceptors (Lipinski definition) is 1. The highest BCUT2D eigenvalue weighted by molar-refractivity contribution is 9.10. The van der Waals surface area contributed by atoms with Crippen LogP contribution in [0.3, 0.4) is 0 Å². The molecule has 0 amide bonds. The highest BCUT2D eigenvalue weighted by atomic mass is 79.9. The maximum absolute atomic E-state index is 6.35. The SMILES string of the molecule is Bc1cc(Br)cc(/C(N)=N/C(=N\C(=C)c2ccc(C)cc2)c2ccc(C)cc2)c1. The van der Waals surface area contributed by atoms with Crippen LogP contribution in [0.2, 0.25) is 0 Å². The van der Waals surface area contributed by atoms with Crippen LogP contribution in [0, 0.1) is 13.8 Å². The fourth-order valence-electron chi connectivity index (χ4n) is 2.86.